The number of esters is 1. The smallest absolute Gasteiger partial charge is 0.338 e. The van der Waals surface area contributed by atoms with Crippen LogP contribution in [0.15, 0.2) is 42.5 Å². The number of anilines is 2. The second-order valence-electron chi connectivity index (χ2n) is 7.26. The number of benzene rings is 2. The number of non-ortho nitro benzene ring substituents is 1. The Kier molecular flexibility index (Phi) is 6.32. The van der Waals surface area contributed by atoms with E-state index in [9.17, 15) is 24.5 Å². The Morgan fingerprint density at radius 3 is 2.10 bits per heavy atom. The van der Waals surface area contributed by atoms with Crippen molar-refractivity contribution in [2.45, 2.75) is 20.8 Å². The molecule has 2 N–H and O–H groups in total. The summed E-state index contributed by atoms with van der Waals surface area (Å²) in [4.78, 5) is 46.8. The van der Waals surface area contributed by atoms with Crippen LogP contribution in [0.25, 0.3) is 0 Å². The second kappa shape index (κ2) is 8.51. The Bertz CT molecular complexity index is 978. The van der Waals surface area contributed by atoms with Gasteiger partial charge in [-0.05, 0) is 24.3 Å². The first-order valence-corrected chi connectivity index (χ1v) is 8.62. The molecule has 0 aliphatic carbocycles. The van der Waals surface area contributed by atoms with Crippen molar-refractivity contribution in [3.05, 3.63) is 63.7 Å². The second-order valence-corrected chi connectivity index (χ2v) is 7.26. The van der Waals surface area contributed by atoms with Gasteiger partial charge in [0.2, 0.25) is 5.91 Å². The Hall–Kier alpha value is -3.75. The Labute approximate surface area is 167 Å². The fraction of sp³-hybridized carbons (Fsp3) is 0.250. The molecule has 0 saturated carbocycles. The van der Waals surface area contributed by atoms with Crippen LogP contribution in [0.4, 0.5) is 17.1 Å². The van der Waals surface area contributed by atoms with E-state index in [4.69, 9.17) is 0 Å². The molecule has 9 heteroatoms. The van der Waals surface area contributed by atoms with Gasteiger partial charge in [0, 0.05) is 34.5 Å². The van der Waals surface area contributed by atoms with Crippen molar-refractivity contribution in [1.29, 1.82) is 0 Å². The van der Waals surface area contributed by atoms with Crippen molar-refractivity contribution >= 4 is 34.8 Å². The monoisotopic (exact) mass is 399 g/mol. The average Bonchev–Trinajstić information content (AvgIpc) is 2.66. The lowest BCUT2D eigenvalue weighted by molar-refractivity contribution is -0.384. The van der Waals surface area contributed by atoms with Gasteiger partial charge in [0.25, 0.3) is 11.6 Å². The summed E-state index contributed by atoms with van der Waals surface area (Å²) in [5.74, 6) is -1.64. The summed E-state index contributed by atoms with van der Waals surface area (Å²) in [5, 5.41) is 16.5. The molecule has 0 unspecified atom stereocenters. The minimum Gasteiger partial charge on any atom is -0.465 e. The molecule has 0 fully saturated rings. The summed E-state index contributed by atoms with van der Waals surface area (Å²) in [6, 6.07) is 9.77. The van der Waals surface area contributed by atoms with Crippen LogP contribution in [0.1, 0.15) is 41.5 Å². The topological polar surface area (TPSA) is 128 Å². The average molecular weight is 399 g/mol. The Morgan fingerprint density at radius 2 is 1.55 bits per heavy atom. The molecule has 0 atom stereocenters. The van der Waals surface area contributed by atoms with E-state index in [0.717, 1.165) is 19.2 Å². The molecule has 0 heterocycles. The highest BCUT2D eigenvalue weighted by molar-refractivity contribution is 6.06. The molecule has 2 aromatic rings. The summed E-state index contributed by atoms with van der Waals surface area (Å²) in [6.07, 6.45) is 0. The molecule has 152 valence electrons. The molecular weight excluding hydrogens is 378 g/mol. The zero-order valence-corrected chi connectivity index (χ0v) is 16.4. The number of nitro benzene ring substituents is 1. The van der Waals surface area contributed by atoms with Gasteiger partial charge in [-0.25, -0.2) is 4.79 Å². The minimum absolute atomic E-state index is 0.0799. The molecule has 2 aromatic carbocycles. The normalized spacial score (nSPS) is 10.8. The molecule has 0 radical (unpaired) electrons. The fourth-order valence-corrected chi connectivity index (χ4v) is 2.28. The van der Waals surface area contributed by atoms with Crippen molar-refractivity contribution in [2.75, 3.05) is 17.7 Å². The van der Waals surface area contributed by atoms with E-state index in [1.165, 1.54) is 6.07 Å². The SMILES string of the molecule is COC(=O)c1cc(C(=O)Nc2cccc(NC(=O)C(C)(C)C)c2)cc([N+](=O)[O-])c1. The van der Waals surface area contributed by atoms with Crippen molar-refractivity contribution < 1.29 is 24.0 Å². The summed E-state index contributed by atoms with van der Waals surface area (Å²) < 4.78 is 4.57. The molecule has 0 bridgehead atoms. The highest BCUT2D eigenvalue weighted by atomic mass is 16.6. The lowest BCUT2D eigenvalue weighted by atomic mass is 9.95. The number of methoxy groups -OCH3 is 1. The summed E-state index contributed by atoms with van der Waals surface area (Å²) >= 11 is 0. The van der Waals surface area contributed by atoms with E-state index in [-0.39, 0.29) is 17.0 Å². The van der Waals surface area contributed by atoms with Crippen molar-refractivity contribution in [3.63, 3.8) is 0 Å². The van der Waals surface area contributed by atoms with Crippen LogP contribution in [-0.4, -0.2) is 29.8 Å². The van der Waals surface area contributed by atoms with E-state index in [2.05, 4.69) is 15.4 Å². The molecule has 0 saturated heterocycles. The van der Waals surface area contributed by atoms with Crippen LogP contribution < -0.4 is 10.6 Å². The number of nitrogens with one attached hydrogen (secondary N) is 2. The summed E-state index contributed by atoms with van der Waals surface area (Å²) in [6.45, 7) is 5.32. The van der Waals surface area contributed by atoms with Crippen LogP contribution in [0.2, 0.25) is 0 Å². The lowest BCUT2D eigenvalue weighted by Crippen LogP contribution is -2.27. The predicted molar refractivity (Wildman–Crippen MR) is 107 cm³/mol. The number of rotatable bonds is 5. The predicted octanol–water partition coefficient (Wildman–Crippen LogP) is 3.62. The Balaban J connectivity index is 2.27. The number of nitrogens with zero attached hydrogens (tertiary/aromatic N) is 1. The van der Waals surface area contributed by atoms with Gasteiger partial charge in [0.15, 0.2) is 0 Å². The maximum atomic E-state index is 12.6. The van der Waals surface area contributed by atoms with Gasteiger partial charge in [-0.1, -0.05) is 26.8 Å². The number of carbonyl (C=O) groups excluding carboxylic acids is 3. The maximum Gasteiger partial charge on any atom is 0.338 e. The molecule has 0 aromatic heterocycles. The number of carbonyl (C=O) groups is 3. The zero-order valence-electron chi connectivity index (χ0n) is 16.4. The quantitative estimate of drug-likeness (QED) is 0.449. The van der Waals surface area contributed by atoms with Gasteiger partial charge in [-0.3, -0.25) is 19.7 Å². The molecular formula is C20H21N3O6. The molecule has 0 aliphatic rings. The fourth-order valence-electron chi connectivity index (χ4n) is 2.28. The molecule has 0 spiro atoms. The molecule has 2 amide bonds. The highest BCUT2D eigenvalue weighted by Gasteiger charge is 2.21. The number of ether oxygens (including phenoxy) is 1. The first-order valence-electron chi connectivity index (χ1n) is 8.62. The summed E-state index contributed by atoms with van der Waals surface area (Å²) in [5.41, 5.74) is -0.345. The van der Waals surface area contributed by atoms with E-state index in [1.807, 2.05) is 0 Å². The van der Waals surface area contributed by atoms with Gasteiger partial charge < -0.3 is 15.4 Å². The van der Waals surface area contributed by atoms with Gasteiger partial charge >= 0.3 is 5.97 Å². The van der Waals surface area contributed by atoms with Crippen molar-refractivity contribution in [1.82, 2.24) is 0 Å². The summed E-state index contributed by atoms with van der Waals surface area (Å²) in [7, 11) is 1.14. The van der Waals surface area contributed by atoms with Gasteiger partial charge in [0.1, 0.15) is 0 Å². The highest BCUT2D eigenvalue weighted by Crippen LogP contribution is 2.22. The third-order valence-electron chi connectivity index (χ3n) is 3.87. The van der Waals surface area contributed by atoms with Crippen LogP contribution >= 0.6 is 0 Å². The lowest BCUT2D eigenvalue weighted by Gasteiger charge is -2.18. The number of hydrogen-bond donors (Lipinski definition) is 2. The third kappa shape index (κ3) is 5.61. The van der Waals surface area contributed by atoms with Crippen molar-refractivity contribution in [3.8, 4) is 0 Å². The van der Waals surface area contributed by atoms with Crippen LogP contribution in [-0.2, 0) is 9.53 Å². The largest absolute Gasteiger partial charge is 0.465 e. The first-order chi connectivity index (χ1) is 13.5. The molecule has 0 aliphatic heterocycles. The number of nitro groups is 1. The zero-order chi connectivity index (χ0) is 21.8. The van der Waals surface area contributed by atoms with Crippen LogP contribution in [0.5, 0.6) is 0 Å². The maximum absolute atomic E-state index is 12.6. The van der Waals surface area contributed by atoms with Crippen molar-refractivity contribution in [2.24, 2.45) is 5.41 Å². The van der Waals surface area contributed by atoms with E-state index >= 15 is 0 Å². The number of hydrogen-bond acceptors (Lipinski definition) is 6. The van der Waals surface area contributed by atoms with Gasteiger partial charge in [0.05, 0.1) is 17.6 Å². The van der Waals surface area contributed by atoms with Gasteiger partial charge in [-0.15, -0.1) is 0 Å². The standard InChI is InChI=1S/C20H21N3O6/c1-20(2,3)19(26)22-15-7-5-6-14(11-15)21-17(24)12-8-13(18(25)29-4)10-16(9-12)23(27)28/h5-11H,1-4H3,(H,21,24)(H,22,26). The number of amides is 2. The Morgan fingerprint density at radius 1 is 0.966 bits per heavy atom. The molecule has 9 nitrogen and oxygen atoms in total. The van der Waals surface area contributed by atoms with Crippen LogP contribution in [0.3, 0.4) is 0 Å². The van der Waals surface area contributed by atoms with E-state index in [0.29, 0.717) is 11.4 Å². The molecule has 2 rings (SSSR count). The van der Waals surface area contributed by atoms with Crippen LogP contribution in [0, 0.1) is 15.5 Å². The third-order valence-corrected chi connectivity index (χ3v) is 3.87. The van der Waals surface area contributed by atoms with E-state index in [1.54, 1.807) is 45.0 Å². The minimum atomic E-state index is -0.797. The molecule has 29 heavy (non-hydrogen) atoms. The van der Waals surface area contributed by atoms with E-state index < -0.39 is 27.9 Å². The first kappa shape index (κ1) is 21.5. The van der Waals surface area contributed by atoms with Gasteiger partial charge in [-0.2, -0.15) is 0 Å².